The minimum absolute atomic E-state index is 0.101. The van der Waals surface area contributed by atoms with Crippen LogP contribution in [0.5, 0.6) is 11.5 Å². The number of benzene rings is 8. The van der Waals surface area contributed by atoms with Crippen molar-refractivity contribution in [3.05, 3.63) is 342 Å². The summed E-state index contributed by atoms with van der Waals surface area (Å²) >= 11 is 0. The number of aromatic nitrogens is 4. The summed E-state index contributed by atoms with van der Waals surface area (Å²) in [6, 6.07) is 77.4. The van der Waals surface area contributed by atoms with Gasteiger partial charge in [0.1, 0.15) is 53.7 Å². The van der Waals surface area contributed by atoms with E-state index in [0.29, 0.717) is 86.7 Å². The van der Waals surface area contributed by atoms with Crippen molar-refractivity contribution in [2.45, 2.75) is 71.4 Å². The number of nitrogens with one attached hydrogen (secondary N) is 2. The third kappa shape index (κ3) is 29.8. The van der Waals surface area contributed by atoms with Gasteiger partial charge in [0.25, 0.3) is 0 Å². The SMILES string of the molecule is Cc1cccc(CNC(=O)Cc2ccc(-c3ccc(OCCN4CCN(C)CC4)cc3F)cn2)c1.O=C(CCc1cccc(F)c1)Cc1ccc(-c2ccc(N3CCOCC3)cc2)cn1.O=C(CCc1ccccc1)Cc1ccc(-c2ccc(OCCN3CCOCC3)cc2)cn1.O=C(Cc1ccc(-c2ccccc2)cn1)NCc1cccc(F)c1. The van der Waals surface area contributed by atoms with Crippen molar-refractivity contribution < 1.29 is 51.3 Å². The Kier molecular flexibility index (Phi) is 34.0. The average Bonchev–Trinajstić information content (AvgIpc) is 0.830. The molecule has 7 heterocycles. The molecule has 15 rings (SSSR count). The summed E-state index contributed by atoms with van der Waals surface area (Å²) in [5.41, 5.74) is 16.6. The van der Waals surface area contributed by atoms with Crippen molar-refractivity contribution in [2.24, 2.45) is 0 Å². The maximum Gasteiger partial charge on any atom is 0.226 e. The zero-order chi connectivity index (χ0) is 84.2. The molecule has 18 nitrogen and oxygen atoms in total. The summed E-state index contributed by atoms with van der Waals surface area (Å²) in [5, 5.41) is 5.69. The van der Waals surface area contributed by atoms with Gasteiger partial charge in [-0.15, -0.1) is 0 Å². The fourth-order valence-corrected chi connectivity index (χ4v) is 14.0. The summed E-state index contributed by atoms with van der Waals surface area (Å²) in [4.78, 5) is 75.9. The maximum absolute atomic E-state index is 14.8. The lowest BCUT2D eigenvalue weighted by Gasteiger charge is -2.32. The molecule has 0 spiro atoms. The minimum Gasteiger partial charge on any atom is -0.492 e. The lowest BCUT2D eigenvalue weighted by atomic mass is 10.0. The van der Waals surface area contributed by atoms with Crippen molar-refractivity contribution in [2.75, 3.05) is 117 Å². The summed E-state index contributed by atoms with van der Waals surface area (Å²) in [5.74, 6) is 0.547. The van der Waals surface area contributed by atoms with Crippen LogP contribution in [0.1, 0.15) is 63.4 Å². The van der Waals surface area contributed by atoms with Gasteiger partial charge in [0, 0.05) is 191 Å². The summed E-state index contributed by atoms with van der Waals surface area (Å²) in [6.45, 7) is 16.9. The molecule has 0 unspecified atom stereocenters. The number of piperazine rings is 1. The summed E-state index contributed by atoms with van der Waals surface area (Å²) in [6.07, 6.45) is 10.3. The number of hydrogen-bond acceptors (Lipinski definition) is 16. The molecule has 12 aromatic rings. The van der Waals surface area contributed by atoms with E-state index in [0.717, 1.165) is 171 Å². The van der Waals surface area contributed by atoms with Crippen LogP contribution in [0.15, 0.2) is 274 Å². The van der Waals surface area contributed by atoms with Crippen LogP contribution in [0.4, 0.5) is 18.9 Å². The fraction of sp³-hybridized carbons (Fsp3) is 0.280. The number of ketones is 2. The van der Waals surface area contributed by atoms with E-state index < -0.39 is 0 Å². The molecule has 0 saturated carbocycles. The molecule has 4 aromatic heterocycles. The molecule has 2 N–H and O–H groups in total. The van der Waals surface area contributed by atoms with Crippen LogP contribution in [0.25, 0.3) is 44.5 Å². The van der Waals surface area contributed by atoms with Crippen molar-refractivity contribution in [1.29, 1.82) is 0 Å². The fourth-order valence-electron chi connectivity index (χ4n) is 14.0. The highest BCUT2D eigenvalue weighted by atomic mass is 19.1. The number of nitrogens with zero attached hydrogens (tertiary/aromatic N) is 8. The highest BCUT2D eigenvalue weighted by Gasteiger charge is 2.18. The number of ether oxygens (including phenoxy) is 4. The second kappa shape index (κ2) is 46.8. The Bertz CT molecular complexity index is 5190. The molecule has 0 aliphatic carbocycles. The number of anilines is 1. The van der Waals surface area contributed by atoms with Crippen LogP contribution in [0.3, 0.4) is 0 Å². The molecular formula is C100H105F3N10O8. The Balaban J connectivity index is 0.000000149. The predicted molar refractivity (Wildman–Crippen MR) is 469 cm³/mol. The van der Waals surface area contributed by atoms with Gasteiger partial charge in [-0.25, -0.2) is 13.2 Å². The molecule has 21 heteroatoms. The number of morpholine rings is 2. The van der Waals surface area contributed by atoms with E-state index in [1.807, 2.05) is 159 Å². The van der Waals surface area contributed by atoms with Gasteiger partial charge in [0.2, 0.25) is 11.8 Å². The molecule has 624 valence electrons. The van der Waals surface area contributed by atoms with Gasteiger partial charge in [-0.05, 0) is 151 Å². The average molecular weight is 1630 g/mol. The van der Waals surface area contributed by atoms with Crippen molar-refractivity contribution in [1.82, 2.24) is 45.3 Å². The van der Waals surface area contributed by atoms with E-state index in [1.54, 1.807) is 54.9 Å². The van der Waals surface area contributed by atoms with Crippen LogP contribution in [0.2, 0.25) is 0 Å². The van der Waals surface area contributed by atoms with Gasteiger partial charge in [0.15, 0.2) is 0 Å². The van der Waals surface area contributed by atoms with Gasteiger partial charge in [-0.1, -0.05) is 163 Å². The monoisotopic (exact) mass is 1630 g/mol. The third-order valence-electron chi connectivity index (χ3n) is 21.0. The van der Waals surface area contributed by atoms with Crippen molar-refractivity contribution >= 4 is 29.1 Å². The Morgan fingerprint density at radius 1 is 0.388 bits per heavy atom. The second-order valence-electron chi connectivity index (χ2n) is 30.2. The predicted octanol–water partition coefficient (Wildman–Crippen LogP) is 16.1. The van der Waals surface area contributed by atoms with Crippen LogP contribution in [-0.4, -0.2) is 170 Å². The number of amides is 2. The number of likely N-dealkylation sites (N-methyl/N-ethyl adjacent to an activating group) is 1. The number of aryl methyl sites for hydroxylation is 3. The van der Waals surface area contributed by atoms with Gasteiger partial charge in [0.05, 0.1) is 39.3 Å². The number of hydrogen-bond donors (Lipinski definition) is 2. The minimum atomic E-state index is -0.354. The Morgan fingerprint density at radius 3 is 1.32 bits per heavy atom. The molecule has 3 fully saturated rings. The molecule has 2 amide bonds. The molecule has 0 radical (unpaired) electrons. The van der Waals surface area contributed by atoms with Crippen LogP contribution >= 0.6 is 0 Å². The first-order valence-corrected chi connectivity index (χ1v) is 41.4. The topological polar surface area (TPSA) is 194 Å². The van der Waals surface area contributed by atoms with Crippen LogP contribution in [0, 0.1) is 24.4 Å². The molecule has 0 bridgehead atoms. The zero-order valence-corrected chi connectivity index (χ0v) is 68.8. The van der Waals surface area contributed by atoms with Crippen LogP contribution in [-0.2, 0) is 80.3 Å². The van der Waals surface area contributed by atoms with E-state index in [1.165, 1.54) is 41.6 Å². The van der Waals surface area contributed by atoms with Gasteiger partial charge in [-0.2, -0.15) is 0 Å². The quantitative estimate of drug-likeness (QED) is 0.0416. The number of halogens is 3. The molecule has 8 aromatic carbocycles. The normalized spacial score (nSPS) is 13.5. The summed E-state index contributed by atoms with van der Waals surface area (Å²) < 4.78 is 63.5. The first-order chi connectivity index (χ1) is 59.1. The first-order valence-electron chi connectivity index (χ1n) is 41.4. The Hall–Kier alpha value is -12.4. The second-order valence-corrected chi connectivity index (χ2v) is 30.2. The molecular weight excluding hydrogens is 1530 g/mol. The molecule has 121 heavy (non-hydrogen) atoms. The lowest BCUT2D eigenvalue weighted by Crippen LogP contribution is -2.45. The molecule has 3 aliphatic rings. The lowest BCUT2D eigenvalue weighted by molar-refractivity contribution is -0.121. The van der Waals surface area contributed by atoms with Gasteiger partial charge < -0.3 is 39.4 Å². The standard InChI is InChI=1S/C28H33FN4O2.C27H30N2O3.C25H25FN2O2.C20H17FN2O/c1-21-4-3-5-22(16-21)19-31-28(34)17-24-7-6-23(20-30-24)26-9-8-25(18-27(26)29)35-15-14-33-12-10-32(2)11-13-33;30-26(11-6-22-4-2-1-3-5-22)20-25-10-7-24(21-28-25)23-8-12-27(13-9-23)32-19-16-29-14-17-31-18-15-29;26-22-3-1-2-19(16-22)4-11-25(29)17-23-8-5-21(18-27-23)20-6-9-24(10-7-20)28-12-14-30-15-13-28;21-18-8-4-5-15(11-18)13-23-20(24)12-19-10-9-17(14-22-19)16-6-2-1-3-7-16/h3-9,16,18,20H,10-15,17,19H2,1-2H3,(H,31,34);1-5,7-10,12-13,21H,6,11,14-20H2;1-3,5-10,16,18H,4,11-15,17H2;1-11,14H,12-13H2,(H,23,24). The number of carbonyl (C=O) groups is 4. The van der Waals surface area contributed by atoms with Crippen LogP contribution < -0.4 is 25.0 Å². The first kappa shape index (κ1) is 87.9. The smallest absolute Gasteiger partial charge is 0.226 e. The number of pyridine rings is 4. The molecule has 0 atom stereocenters. The van der Waals surface area contributed by atoms with E-state index in [-0.39, 0.29) is 53.7 Å². The molecule has 3 saturated heterocycles. The number of rotatable bonds is 31. The number of Topliss-reactive ketones (excluding diaryl/α,β-unsaturated/α-hetero) is 2. The highest BCUT2D eigenvalue weighted by molar-refractivity contribution is 5.82. The zero-order valence-electron chi connectivity index (χ0n) is 68.8. The number of carbonyl (C=O) groups excluding carboxylic acids is 4. The van der Waals surface area contributed by atoms with Gasteiger partial charge >= 0.3 is 0 Å². The Labute approximate surface area is 707 Å². The Morgan fingerprint density at radius 2 is 0.810 bits per heavy atom. The largest absolute Gasteiger partial charge is 0.492 e. The van der Waals surface area contributed by atoms with E-state index in [9.17, 15) is 32.3 Å². The van der Waals surface area contributed by atoms with Crippen molar-refractivity contribution in [3.63, 3.8) is 0 Å². The van der Waals surface area contributed by atoms with E-state index in [2.05, 4.69) is 93.6 Å². The van der Waals surface area contributed by atoms with E-state index >= 15 is 0 Å². The van der Waals surface area contributed by atoms with E-state index in [4.69, 9.17) is 18.9 Å². The maximum atomic E-state index is 14.8. The third-order valence-corrected chi connectivity index (χ3v) is 21.0. The summed E-state index contributed by atoms with van der Waals surface area (Å²) in [7, 11) is 2.13. The molecule has 3 aliphatic heterocycles. The van der Waals surface area contributed by atoms with Gasteiger partial charge in [-0.3, -0.25) is 48.9 Å². The highest BCUT2D eigenvalue weighted by Crippen LogP contribution is 2.29. The van der Waals surface area contributed by atoms with Crippen molar-refractivity contribution in [3.8, 4) is 56.0 Å².